The molecule has 0 aliphatic carbocycles. The van der Waals surface area contributed by atoms with Crippen LogP contribution in [0.2, 0.25) is 0 Å². The van der Waals surface area contributed by atoms with Crippen molar-refractivity contribution in [2.75, 3.05) is 5.32 Å². The number of hydrogen-bond donors (Lipinski definition) is 3. The summed E-state index contributed by atoms with van der Waals surface area (Å²) in [7, 11) is 0. The summed E-state index contributed by atoms with van der Waals surface area (Å²) in [5.41, 5.74) is 0.702. The van der Waals surface area contributed by atoms with Gasteiger partial charge in [0.2, 0.25) is 0 Å². The van der Waals surface area contributed by atoms with Gasteiger partial charge in [-0.3, -0.25) is 4.68 Å². The van der Waals surface area contributed by atoms with Crippen LogP contribution < -0.4 is 10.6 Å². The minimum atomic E-state index is -1.17. The number of aliphatic hydroxyl groups is 1. The monoisotopic (exact) mass is 338 g/mol. The third kappa shape index (κ3) is 4.51. The Hall–Kier alpha value is -2.48. The summed E-state index contributed by atoms with van der Waals surface area (Å²) in [4.78, 5) is 11.9. The van der Waals surface area contributed by atoms with Crippen molar-refractivity contribution in [2.24, 2.45) is 0 Å². The van der Waals surface area contributed by atoms with Crippen molar-refractivity contribution in [3.8, 4) is 0 Å². The van der Waals surface area contributed by atoms with E-state index in [-0.39, 0.29) is 5.56 Å². The number of anilines is 1. The smallest absolute Gasteiger partial charge is 0.319 e. The SMILES string of the molecule is CCCn1cc(NC(=O)NC(C)C(O)c2ccc(F)c(F)c2)cn1. The number of nitrogens with one attached hydrogen (secondary N) is 2. The van der Waals surface area contributed by atoms with E-state index in [2.05, 4.69) is 15.7 Å². The number of benzene rings is 1. The number of carbonyl (C=O) groups is 1. The molecule has 1 aromatic heterocycles. The molecule has 6 nitrogen and oxygen atoms in total. The molecule has 0 saturated carbocycles. The number of rotatable bonds is 6. The zero-order chi connectivity index (χ0) is 17.7. The number of halogens is 2. The zero-order valence-electron chi connectivity index (χ0n) is 13.5. The summed E-state index contributed by atoms with van der Waals surface area (Å²) < 4.78 is 27.9. The average Bonchev–Trinajstić information content (AvgIpc) is 2.96. The third-order valence-electron chi connectivity index (χ3n) is 3.46. The van der Waals surface area contributed by atoms with Crippen molar-refractivity contribution in [3.05, 3.63) is 47.8 Å². The Bertz CT molecular complexity index is 705. The van der Waals surface area contributed by atoms with Gasteiger partial charge in [-0.2, -0.15) is 5.10 Å². The molecule has 2 rings (SSSR count). The molecule has 130 valence electrons. The first-order chi connectivity index (χ1) is 11.4. The molecule has 1 heterocycles. The molecule has 2 atom stereocenters. The predicted octanol–water partition coefficient (Wildman–Crippen LogP) is 2.81. The summed E-state index contributed by atoms with van der Waals surface area (Å²) >= 11 is 0. The number of aryl methyl sites for hydroxylation is 1. The molecule has 0 aliphatic heterocycles. The van der Waals surface area contributed by atoms with E-state index in [9.17, 15) is 18.7 Å². The Labute approximate surface area is 138 Å². The third-order valence-corrected chi connectivity index (χ3v) is 3.46. The number of aliphatic hydroxyl groups excluding tert-OH is 1. The number of urea groups is 1. The molecule has 2 amide bonds. The lowest BCUT2D eigenvalue weighted by atomic mass is 10.0. The van der Waals surface area contributed by atoms with Gasteiger partial charge in [-0.1, -0.05) is 13.0 Å². The second kappa shape index (κ2) is 7.87. The van der Waals surface area contributed by atoms with Gasteiger partial charge >= 0.3 is 6.03 Å². The van der Waals surface area contributed by atoms with Gasteiger partial charge in [0, 0.05) is 12.7 Å². The molecular formula is C16H20F2N4O2. The van der Waals surface area contributed by atoms with E-state index in [1.54, 1.807) is 17.8 Å². The molecule has 0 aliphatic rings. The maximum absolute atomic E-state index is 13.2. The Morgan fingerprint density at radius 3 is 2.79 bits per heavy atom. The Kier molecular flexibility index (Phi) is 5.86. The molecule has 0 saturated heterocycles. The normalized spacial score (nSPS) is 13.4. The predicted molar refractivity (Wildman–Crippen MR) is 85.5 cm³/mol. The number of carbonyl (C=O) groups excluding carboxylic acids is 1. The Morgan fingerprint density at radius 1 is 1.38 bits per heavy atom. The van der Waals surface area contributed by atoms with Crippen molar-refractivity contribution in [2.45, 2.75) is 39.0 Å². The van der Waals surface area contributed by atoms with E-state index < -0.39 is 29.8 Å². The van der Waals surface area contributed by atoms with E-state index in [1.807, 2.05) is 6.92 Å². The molecule has 0 bridgehead atoms. The summed E-state index contributed by atoms with van der Waals surface area (Å²) in [5.74, 6) is -2.04. The summed E-state index contributed by atoms with van der Waals surface area (Å²) in [6, 6.07) is 1.88. The first-order valence-electron chi connectivity index (χ1n) is 7.63. The van der Waals surface area contributed by atoms with Gasteiger partial charge in [-0.05, 0) is 31.0 Å². The molecule has 2 unspecified atom stereocenters. The van der Waals surface area contributed by atoms with Crippen LogP contribution in [0, 0.1) is 11.6 Å². The quantitative estimate of drug-likeness (QED) is 0.758. The van der Waals surface area contributed by atoms with Gasteiger partial charge in [0.05, 0.1) is 24.0 Å². The van der Waals surface area contributed by atoms with E-state index in [4.69, 9.17) is 0 Å². The fourth-order valence-corrected chi connectivity index (χ4v) is 2.22. The molecule has 3 N–H and O–H groups in total. The van der Waals surface area contributed by atoms with Crippen molar-refractivity contribution in [1.29, 1.82) is 0 Å². The van der Waals surface area contributed by atoms with Crippen LogP contribution in [0.25, 0.3) is 0 Å². The van der Waals surface area contributed by atoms with E-state index in [0.29, 0.717) is 5.69 Å². The summed E-state index contributed by atoms with van der Waals surface area (Å²) in [6.45, 7) is 4.32. The number of hydrogen-bond acceptors (Lipinski definition) is 3. The zero-order valence-corrected chi connectivity index (χ0v) is 13.5. The van der Waals surface area contributed by atoms with Gasteiger partial charge in [0.15, 0.2) is 11.6 Å². The molecule has 8 heteroatoms. The van der Waals surface area contributed by atoms with Crippen LogP contribution in [0.15, 0.2) is 30.6 Å². The first kappa shape index (κ1) is 17.9. The second-order valence-electron chi connectivity index (χ2n) is 5.50. The van der Waals surface area contributed by atoms with Gasteiger partial charge in [0.1, 0.15) is 0 Å². The molecular weight excluding hydrogens is 318 g/mol. The summed E-state index contributed by atoms with van der Waals surface area (Å²) in [5, 5.41) is 19.4. The highest BCUT2D eigenvalue weighted by molar-refractivity contribution is 5.89. The van der Waals surface area contributed by atoms with E-state index in [0.717, 1.165) is 25.1 Å². The van der Waals surface area contributed by atoms with Gasteiger partial charge < -0.3 is 15.7 Å². The molecule has 0 fully saturated rings. The number of amides is 2. The van der Waals surface area contributed by atoms with Crippen LogP contribution in [-0.4, -0.2) is 27.0 Å². The van der Waals surface area contributed by atoms with Gasteiger partial charge in [-0.25, -0.2) is 13.6 Å². The van der Waals surface area contributed by atoms with Crippen LogP contribution in [0.3, 0.4) is 0 Å². The highest BCUT2D eigenvalue weighted by Gasteiger charge is 2.20. The van der Waals surface area contributed by atoms with Crippen LogP contribution in [0.5, 0.6) is 0 Å². The molecule has 1 aromatic carbocycles. The van der Waals surface area contributed by atoms with Crippen LogP contribution in [-0.2, 0) is 6.54 Å². The van der Waals surface area contributed by atoms with Crippen molar-refractivity contribution in [1.82, 2.24) is 15.1 Å². The summed E-state index contributed by atoms with van der Waals surface area (Å²) in [6.07, 6.45) is 2.96. The highest BCUT2D eigenvalue weighted by Crippen LogP contribution is 2.19. The van der Waals surface area contributed by atoms with Crippen molar-refractivity contribution < 1.29 is 18.7 Å². The highest BCUT2D eigenvalue weighted by atomic mass is 19.2. The topological polar surface area (TPSA) is 79.2 Å². The largest absolute Gasteiger partial charge is 0.386 e. The van der Waals surface area contributed by atoms with Crippen LogP contribution in [0.4, 0.5) is 19.3 Å². The second-order valence-corrected chi connectivity index (χ2v) is 5.50. The fourth-order valence-electron chi connectivity index (χ4n) is 2.22. The van der Waals surface area contributed by atoms with Crippen LogP contribution >= 0.6 is 0 Å². The minimum absolute atomic E-state index is 0.178. The van der Waals surface area contributed by atoms with Gasteiger partial charge in [-0.15, -0.1) is 0 Å². The first-order valence-corrected chi connectivity index (χ1v) is 7.63. The fraction of sp³-hybridized carbons (Fsp3) is 0.375. The lowest BCUT2D eigenvalue weighted by Gasteiger charge is -2.20. The van der Waals surface area contributed by atoms with E-state index >= 15 is 0 Å². The average molecular weight is 338 g/mol. The van der Waals surface area contributed by atoms with Crippen molar-refractivity contribution >= 4 is 11.7 Å². The number of nitrogens with zero attached hydrogens (tertiary/aromatic N) is 2. The molecule has 0 radical (unpaired) electrons. The standard InChI is InChI=1S/C16H20F2N4O2/c1-3-6-22-9-12(8-19-22)21-16(24)20-10(2)15(23)11-4-5-13(17)14(18)7-11/h4-5,7-10,15,23H,3,6H2,1-2H3,(H2,20,21,24). The van der Waals surface area contributed by atoms with Gasteiger partial charge in [0.25, 0.3) is 0 Å². The lowest BCUT2D eigenvalue weighted by molar-refractivity contribution is 0.138. The Morgan fingerprint density at radius 2 is 2.12 bits per heavy atom. The maximum atomic E-state index is 13.2. The lowest BCUT2D eigenvalue weighted by Crippen LogP contribution is -2.39. The van der Waals surface area contributed by atoms with Crippen molar-refractivity contribution in [3.63, 3.8) is 0 Å². The molecule has 2 aromatic rings. The minimum Gasteiger partial charge on any atom is -0.386 e. The number of aromatic nitrogens is 2. The van der Waals surface area contributed by atoms with Crippen LogP contribution in [0.1, 0.15) is 31.9 Å². The van der Waals surface area contributed by atoms with E-state index in [1.165, 1.54) is 12.3 Å². The molecule has 24 heavy (non-hydrogen) atoms. The molecule has 0 spiro atoms. The Balaban J connectivity index is 1.93. The maximum Gasteiger partial charge on any atom is 0.319 e.